The summed E-state index contributed by atoms with van der Waals surface area (Å²) in [5, 5.41) is 3.47. The van der Waals surface area contributed by atoms with E-state index in [9.17, 15) is 4.79 Å². The van der Waals surface area contributed by atoms with E-state index in [0.717, 1.165) is 62.1 Å². The summed E-state index contributed by atoms with van der Waals surface area (Å²) < 4.78 is 6.21. The zero-order chi connectivity index (χ0) is 22.9. The number of amides is 1. The number of halogens is 1. The molecule has 1 N–H and O–H groups in total. The molecule has 2 aliphatic rings. The van der Waals surface area contributed by atoms with E-state index >= 15 is 0 Å². The summed E-state index contributed by atoms with van der Waals surface area (Å²) in [7, 11) is 0. The predicted octanol–water partition coefficient (Wildman–Crippen LogP) is 4.22. The molecular formula is C24H32ClN5O2. The summed E-state index contributed by atoms with van der Waals surface area (Å²) in [4.78, 5) is 25.0. The maximum absolute atomic E-state index is 11.3. The van der Waals surface area contributed by atoms with Crippen LogP contribution in [0.3, 0.4) is 0 Å². The first-order chi connectivity index (χ1) is 15.2. The topological polar surface area (TPSA) is 70.6 Å². The number of aromatic nitrogens is 2. The second kappa shape index (κ2) is 9.14. The Morgan fingerprint density at radius 3 is 2.66 bits per heavy atom. The van der Waals surface area contributed by atoms with Gasteiger partial charge in [-0.1, -0.05) is 37.6 Å². The molecule has 0 unspecified atom stereocenters. The van der Waals surface area contributed by atoms with Crippen molar-refractivity contribution in [3.05, 3.63) is 41.0 Å². The Morgan fingerprint density at radius 2 is 2.00 bits per heavy atom. The van der Waals surface area contributed by atoms with Gasteiger partial charge in [0.2, 0.25) is 11.9 Å². The predicted molar refractivity (Wildman–Crippen MR) is 128 cm³/mol. The zero-order valence-corrected chi connectivity index (χ0v) is 20.0. The Hall–Kier alpha value is -2.54. The van der Waals surface area contributed by atoms with Crippen LogP contribution in [0.4, 0.5) is 11.8 Å². The van der Waals surface area contributed by atoms with E-state index in [0.29, 0.717) is 5.02 Å². The lowest BCUT2D eigenvalue weighted by Crippen LogP contribution is -2.28. The first-order valence-corrected chi connectivity index (χ1v) is 11.6. The van der Waals surface area contributed by atoms with E-state index in [1.807, 2.05) is 31.2 Å². The highest BCUT2D eigenvalue weighted by atomic mass is 35.5. The van der Waals surface area contributed by atoms with Crippen molar-refractivity contribution >= 4 is 29.3 Å². The molecule has 1 amide bonds. The van der Waals surface area contributed by atoms with Crippen molar-refractivity contribution in [2.75, 3.05) is 36.0 Å². The number of anilines is 2. The van der Waals surface area contributed by atoms with Crippen LogP contribution >= 0.6 is 11.6 Å². The van der Waals surface area contributed by atoms with Gasteiger partial charge in [0.05, 0.1) is 18.8 Å². The standard InChI is InChI=1S/C24H32ClN5O2/c1-16(27-17(2)31)18-5-7-19(8-6-18)32-20-9-11-29(14-20)22-21(25)13-26-23(28-22)30-12-10-24(3,4)15-30/h5-8,13,16,20H,9-12,14-15H2,1-4H3,(H,27,31)/t16-,20+/m0/s1. The molecule has 2 aromatic rings. The molecule has 3 heterocycles. The van der Waals surface area contributed by atoms with Crippen LogP contribution in [-0.2, 0) is 4.79 Å². The summed E-state index contributed by atoms with van der Waals surface area (Å²) >= 11 is 6.47. The number of hydrogen-bond donors (Lipinski definition) is 1. The van der Waals surface area contributed by atoms with Crippen LogP contribution in [0.5, 0.6) is 5.75 Å². The van der Waals surface area contributed by atoms with E-state index in [-0.39, 0.29) is 23.5 Å². The minimum Gasteiger partial charge on any atom is -0.489 e. The van der Waals surface area contributed by atoms with Gasteiger partial charge in [0.25, 0.3) is 0 Å². The molecular weight excluding hydrogens is 426 g/mol. The fourth-order valence-electron chi connectivity index (χ4n) is 4.44. The lowest BCUT2D eigenvalue weighted by molar-refractivity contribution is -0.119. The van der Waals surface area contributed by atoms with Crippen LogP contribution in [0.2, 0.25) is 5.02 Å². The fourth-order valence-corrected chi connectivity index (χ4v) is 4.65. The summed E-state index contributed by atoms with van der Waals surface area (Å²) in [6.07, 6.45) is 3.81. The number of nitrogens with zero attached hydrogens (tertiary/aromatic N) is 4. The number of ether oxygens (including phenoxy) is 1. The van der Waals surface area contributed by atoms with Crippen molar-refractivity contribution in [1.29, 1.82) is 0 Å². The number of nitrogens with one attached hydrogen (secondary N) is 1. The highest BCUT2D eigenvalue weighted by molar-refractivity contribution is 6.32. The minimum atomic E-state index is -0.0381. The van der Waals surface area contributed by atoms with Crippen LogP contribution in [-0.4, -0.2) is 48.2 Å². The van der Waals surface area contributed by atoms with E-state index < -0.39 is 0 Å². The molecule has 2 atom stereocenters. The summed E-state index contributed by atoms with van der Waals surface area (Å²) in [5.74, 6) is 2.32. The third-order valence-electron chi connectivity index (χ3n) is 6.22. The highest BCUT2D eigenvalue weighted by Gasteiger charge is 2.32. The van der Waals surface area contributed by atoms with Gasteiger partial charge in [-0.05, 0) is 36.5 Å². The number of hydrogen-bond acceptors (Lipinski definition) is 6. The highest BCUT2D eigenvalue weighted by Crippen LogP contribution is 2.34. The molecule has 172 valence electrons. The Balaban J connectivity index is 1.38. The van der Waals surface area contributed by atoms with Crippen LogP contribution in [0.15, 0.2) is 30.5 Å². The SMILES string of the molecule is CC(=O)N[C@@H](C)c1ccc(O[C@@H]2CCN(c3nc(N4CCC(C)(C)C4)ncc3Cl)C2)cc1. The number of benzene rings is 1. The average Bonchev–Trinajstić information content (AvgIpc) is 3.34. The Morgan fingerprint density at radius 1 is 1.25 bits per heavy atom. The second-order valence-corrected chi connectivity index (χ2v) is 10.1. The summed E-state index contributed by atoms with van der Waals surface area (Å²) in [6.45, 7) is 11.5. The number of carbonyl (C=O) groups excluding carboxylic acids is 1. The molecule has 2 aliphatic heterocycles. The van der Waals surface area contributed by atoms with Crippen LogP contribution in [0.25, 0.3) is 0 Å². The fraction of sp³-hybridized carbons (Fsp3) is 0.542. The second-order valence-electron chi connectivity index (χ2n) is 9.64. The molecule has 0 spiro atoms. The molecule has 32 heavy (non-hydrogen) atoms. The first kappa shape index (κ1) is 22.6. The zero-order valence-electron chi connectivity index (χ0n) is 19.3. The minimum absolute atomic E-state index is 0.0289. The molecule has 2 fully saturated rings. The quantitative estimate of drug-likeness (QED) is 0.700. The van der Waals surface area contributed by atoms with Crippen molar-refractivity contribution in [2.45, 2.75) is 52.7 Å². The van der Waals surface area contributed by atoms with E-state index in [2.05, 4.69) is 33.9 Å². The maximum atomic E-state index is 11.3. The molecule has 1 aromatic carbocycles. The molecule has 0 bridgehead atoms. The van der Waals surface area contributed by atoms with Gasteiger partial charge in [-0.15, -0.1) is 0 Å². The Kier molecular flexibility index (Phi) is 6.47. The smallest absolute Gasteiger partial charge is 0.227 e. The van der Waals surface area contributed by atoms with Crippen LogP contribution < -0.4 is 19.9 Å². The Labute approximate surface area is 195 Å². The van der Waals surface area contributed by atoms with Crippen LogP contribution in [0.1, 0.15) is 52.1 Å². The molecule has 4 rings (SSSR count). The van der Waals surface area contributed by atoms with Gasteiger partial charge < -0.3 is 19.9 Å². The maximum Gasteiger partial charge on any atom is 0.227 e. The largest absolute Gasteiger partial charge is 0.489 e. The Bertz CT molecular complexity index is 965. The molecule has 0 aliphatic carbocycles. The monoisotopic (exact) mass is 457 g/mol. The van der Waals surface area contributed by atoms with Crippen molar-refractivity contribution < 1.29 is 9.53 Å². The van der Waals surface area contributed by atoms with Gasteiger partial charge in [0, 0.05) is 33.0 Å². The van der Waals surface area contributed by atoms with Crippen LogP contribution in [0, 0.1) is 5.41 Å². The van der Waals surface area contributed by atoms with Gasteiger partial charge in [0.1, 0.15) is 16.9 Å². The lowest BCUT2D eigenvalue weighted by Gasteiger charge is -2.23. The van der Waals surface area contributed by atoms with Crippen molar-refractivity contribution in [3.8, 4) is 5.75 Å². The van der Waals surface area contributed by atoms with E-state index in [4.69, 9.17) is 21.3 Å². The van der Waals surface area contributed by atoms with Crippen molar-refractivity contribution in [1.82, 2.24) is 15.3 Å². The van der Waals surface area contributed by atoms with E-state index in [1.54, 1.807) is 6.20 Å². The van der Waals surface area contributed by atoms with Crippen molar-refractivity contribution in [3.63, 3.8) is 0 Å². The first-order valence-electron chi connectivity index (χ1n) is 11.3. The van der Waals surface area contributed by atoms with E-state index in [1.165, 1.54) is 6.92 Å². The van der Waals surface area contributed by atoms with Gasteiger partial charge in [-0.3, -0.25) is 4.79 Å². The average molecular weight is 458 g/mol. The van der Waals surface area contributed by atoms with Gasteiger partial charge >= 0.3 is 0 Å². The summed E-state index contributed by atoms with van der Waals surface area (Å²) in [6, 6.07) is 7.88. The van der Waals surface area contributed by atoms with Gasteiger partial charge in [-0.2, -0.15) is 4.98 Å². The number of rotatable bonds is 6. The normalized spacial score (nSPS) is 21.0. The molecule has 1 aromatic heterocycles. The molecule has 0 radical (unpaired) electrons. The molecule has 8 heteroatoms. The van der Waals surface area contributed by atoms with Gasteiger partial charge in [-0.25, -0.2) is 4.98 Å². The summed E-state index contributed by atoms with van der Waals surface area (Å²) in [5.41, 5.74) is 1.33. The lowest BCUT2D eigenvalue weighted by atomic mass is 9.93. The third kappa shape index (κ3) is 5.26. The number of carbonyl (C=O) groups is 1. The molecule has 7 nitrogen and oxygen atoms in total. The molecule has 2 saturated heterocycles. The van der Waals surface area contributed by atoms with Crippen molar-refractivity contribution in [2.24, 2.45) is 5.41 Å². The third-order valence-corrected chi connectivity index (χ3v) is 6.49. The van der Waals surface area contributed by atoms with Gasteiger partial charge in [0.15, 0.2) is 5.82 Å². The molecule has 0 saturated carbocycles.